The van der Waals surface area contributed by atoms with Gasteiger partial charge in [0.1, 0.15) is 12.0 Å². The fourth-order valence-corrected chi connectivity index (χ4v) is 3.93. The van der Waals surface area contributed by atoms with Crippen molar-refractivity contribution in [1.82, 2.24) is 25.3 Å². The molecule has 31 heavy (non-hydrogen) atoms. The first-order valence-corrected chi connectivity index (χ1v) is 10.4. The molecule has 1 aliphatic rings. The minimum atomic E-state index is -0.603. The molecular formula is C22H28N8O. The lowest BCUT2D eigenvalue weighted by atomic mass is 10.1. The molecule has 9 heteroatoms. The van der Waals surface area contributed by atoms with Gasteiger partial charge in [-0.1, -0.05) is 6.07 Å². The van der Waals surface area contributed by atoms with E-state index in [0.717, 1.165) is 41.8 Å². The number of nitrogens with zero attached hydrogens (tertiary/aromatic N) is 6. The topological polar surface area (TPSA) is 106 Å². The maximum absolute atomic E-state index is 10.6. The zero-order valence-corrected chi connectivity index (χ0v) is 17.6. The van der Waals surface area contributed by atoms with Gasteiger partial charge in [-0.3, -0.25) is 10.3 Å². The van der Waals surface area contributed by atoms with Gasteiger partial charge >= 0.3 is 0 Å². The average molecular weight is 421 g/mol. The van der Waals surface area contributed by atoms with Crippen molar-refractivity contribution in [3.05, 3.63) is 54.8 Å². The Kier molecular flexibility index (Phi) is 6.54. The standard InChI is InChI=1S/C22H28N8O/c1-23-9-11-29(2)22-24-8-7-20(28-22)30-10-3-4-17(30)13-21(31)25-14-16-5-6-18-19(12-16)27-15-26-18/h5-9,11-12,15,17,21,25,31H,1,3-4,10,13-14H2,2H3,(H,26,27)/b11-9-/t17-,21?/m1/s1. The largest absolute Gasteiger partial charge is 0.379 e. The second kappa shape index (κ2) is 9.67. The first-order valence-electron chi connectivity index (χ1n) is 10.4. The van der Waals surface area contributed by atoms with Gasteiger partial charge in [0.25, 0.3) is 0 Å². The van der Waals surface area contributed by atoms with Crippen LogP contribution in [-0.4, -0.2) is 57.6 Å². The van der Waals surface area contributed by atoms with Crippen molar-refractivity contribution in [2.45, 2.75) is 38.1 Å². The highest BCUT2D eigenvalue weighted by atomic mass is 16.3. The van der Waals surface area contributed by atoms with Crippen LogP contribution in [0.2, 0.25) is 0 Å². The fraction of sp³-hybridized carbons (Fsp3) is 0.364. The SMILES string of the molecule is C=N/C=C\N(C)c1nccc(N2CCC[C@@H]2CC(O)NCc2ccc3nc[nH]c3c2)n1. The maximum Gasteiger partial charge on any atom is 0.231 e. The van der Waals surface area contributed by atoms with Gasteiger partial charge in [-0.15, -0.1) is 0 Å². The van der Waals surface area contributed by atoms with E-state index in [4.69, 9.17) is 4.98 Å². The third-order valence-electron chi connectivity index (χ3n) is 5.53. The predicted octanol–water partition coefficient (Wildman–Crippen LogP) is 2.43. The Morgan fingerprint density at radius 2 is 2.32 bits per heavy atom. The van der Waals surface area contributed by atoms with Crippen LogP contribution in [0.3, 0.4) is 0 Å². The molecule has 0 radical (unpaired) electrons. The molecule has 3 aromatic rings. The molecule has 1 fully saturated rings. The molecule has 162 valence electrons. The van der Waals surface area contributed by atoms with E-state index in [1.165, 1.54) is 0 Å². The Morgan fingerprint density at radius 1 is 1.42 bits per heavy atom. The lowest BCUT2D eigenvalue weighted by Gasteiger charge is -2.28. The monoisotopic (exact) mass is 420 g/mol. The molecule has 2 aromatic heterocycles. The van der Waals surface area contributed by atoms with Crippen molar-refractivity contribution in [2.75, 3.05) is 23.4 Å². The van der Waals surface area contributed by atoms with Gasteiger partial charge in [0.15, 0.2) is 0 Å². The number of hydrogen-bond donors (Lipinski definition) is 3. The summed E-state index contributed by atoms with van der Waals surface area (Å²) in [4.78, 5) is 24.2. The number of aromatic nitrogens is 4. The van der Waals surface area contributed by atoms with Crippen LogP contribution in [0.25, 0.3) is 11.0 Å². The second-order valence-electron chi connectivity index (χ2n) is 7.68. The first kappa shape index (κ1) is 21.0. The number of anilines is 2. The molecule has 1 saturated heterocycles. The van der Waals surface area contributed by atoms with E-state index < -0.39 is 6.23 Å². The zero-order chi connectivity index (χ0) is 21.6. The third kappa shape index (κ3) is 5.07. The van der Waals surface area contributed by atoms with E-state index >= 15 is 0 Å². The highest BCUT2D eigenvalue weighted by Crippen LogP contribution is 2.27. The van der Waals surface area contributed by atoms with Gasteiger partial charge in [0.2, 0.25) is 5.95 Å². The molecule has 4 rings (SSSR count). The van der Waals surface area contributed by atoms with E-state index in [-0.39, 0.29) is 6.04 Å². The number of benzene rings is 1. The number of hydrogen-bond acceptors (Lipinski definition) is 8. The molecule has 9 nitrogen and oxygen atoms in total. The summed E-state index contributed by atoms with van der Waals surface area (Å²) in [6, 6.07) is 8.21. The molecule has 2 atom stereocenters. The minimum Gasteiger partial charge on any atom is -0.379 e. The van der Waals surface area contributed by atoms with Crippen LogP contribution >= 0.6 is 0 Å². The molecule has 3 heterocycles. The molecule has 0 bridgehead atoms. The highest BCUT2D eigenvalue weighted by molar-refractivity contribution is 5.75. The van der Waals surface area contributed by atoms with Gasteiger partial charge in [-0.05, 0) is 43.3 Å². The summed E-state index contributed by atoms with van der Waals surface area (Å²) >= 11 is 0. The summed E-state index contributed by atoms with van der Waals surface area (Å²) in [5.41, 5.74) is 3.04. The Bertz CT molecular complexity index is 1050. The Balaban J connectivity index is 1.36. The Morgan fingerprint density at radius 3 is 3.19 bits per heavy atom. The van der Waals surface area contributed by atoms with Crippen LogP contribution in [0, 0.1) is 0 Å². The van der Waals surface area contributed by atoms with Gasteiger partial charge in [0.05, 0.1) is 17.4 Å². The van der Waals surface area contributed by atoms with Crippen molar-refractivity contribution in [3.63, 3.8) is 0 Å². The molecule has 0 aliphatic carbocycles. The number of rotatable bonds is 9. The maximum atomic E-state index is 10.6. The molecule has 1 unspecified atom stereocenters. The summed E-state index contributed by atoms with van der Waals surface area (Å²) in [7, 11) is 1.87. The van der Waals surface area contributed by atoms with Crippen molar-refractivity contribution in [1.29, 1.82) is 0 Å². The van der Waals surface area contributed by atoms with Crippen molar-refractivity contribution in [3.8, 4) is 0 Å². The van der Waals surface area contributed by atoms with E-state index in [2.05, 4.69) is 42.9 Å². The number of aromatic amines is 1. The van der Waals surface area contributed by atoms with E-state index in [0.29, 0.717) is 18.9 Å². The van der Waals surface area contributed by atoms with Crippen molar-refractivity contribution >= 4 is 29.5 Å². The normalized spacial score (nSPS) is 17.5. The minimum absolute atomic E-state index is 0.219. The smallest absolute Gasteiger partial charge is 0.231 e. The molecular weight excluding hydrogens is 392 g/mol. The number of imidazole rings is 1. The summed E-state index contributed by atoms with van der Waals surface area (Å²) in [6.07, 6.45) is 8.93. The van der Waals surface area contributed by atoms with E-state index in [9.17, 15) is 5.11 Å². The van der Waals surface area contributed by atoms with Gasteiger partial charge < -0.3 is 19.9 Å². The third-order valence-corrected chi connectivity index (χ3v) is 5.53. The number of aliphatic hydroxyl groups excluding tert-OH is 1. The zero-order valence-electron chi connectivity index (χ0n) is 17.6. The molecule has 0 amide bonds. The van der Waals surface area contributed by atoms with Gasteiger partial charge in [0, 0.05) is 51.2 Å². The molecule has 1 aromatic carbocycles. The number of aliphatic hydroxyl groups is 1. The summed E-state index contributed by atoms with van der Waals surface area (Å²) in [5.74, 6) is 1.46. The van der Waals surface area contributed by atoms with Crippen LogP contribution in [0.5, 0.6) is 0 Å². The van der Waals surface area contributed by atoms with Crippen LogP contribution in [0.4, 0.5) is 11.8 Å². The number of nitrogens with one attached hydrogen (secondary N) is 2. The van der Waals surface area contributed by atoms with Gasteiger partial charge in [-0.2, -0.15) is 4.98 Å². The number of aliphatic imine (C=N–C) groups is 1. The van der Waals surface area contributed by atoms with Crippen LogP contribution in [0.1, 0.15) is 24.8 Å². The number of fused-ring (bicyclic) bond motifs is 1. The van der Waals surface area contributed by atoms with Crippen LogP contribution in [-0.2, 0) is 6.54 Å². The molecule has 1 aliphatic heterocycles. The second-order valence-corrected chi connectivity index (χ2v) is 7.68. The summed E-state index contributed by atoms with van der Waals surface area (Å²) < 4.78 is 0. The van der Waals surface area contributed by atoms with Crippen LogP contribution < -0.4 is 15.1 Å². The predicted molar refractivity (Wildman–Crippen MR) is 123 cm³/mol. The van der Waals surface area contributed by atoms with E-state index in [1.54, 1.807) is 29.8 Å². The van der Waals surface area contributed by atoms with Gasteiger partial charge in [-0.25, -0.2) is 9.97 Å². The van der Waals surface area contributed by atoms with Crippen molar-refractivity contribution < 1.29 is 5.11 Å². The van der Waals surface area contributed by atoms with E-state index in [1.807, 2.05) is 25.2 Å². The average Bonchev–Trinajstić information content (AvgIpc) is 3.45. The van der Waals surface area contributed by atoms with Crippen molar-refractivity contribution in [2.24, 2.45) is 4.99 Å². The Labute approximate surface area is 181 Å². The highest BCUT2D eigenvalue weighted by Gasteiger charge is 2.28. The fourth-order valence-electron chi connectivity index (χ4n) is 3.93. The Hall–Kier alpha value is -3.30. The lowest BCUT2D eigenvalue weighted by molar-refractivity contribution is 0.118. The lowest BCUT2D eigenvalue weighted by Crippen LogP contribution is -2.38. The quantitative estimate of drug-likeness (QED) is 0.361. The summed E-state index contributed by atoms with van der Waals surface area (Å²) in [6.45, 7) is 4.95. The summed E-state index contributed by atoms with van der Waals surface area (Å²) in [5, 5.41) is 13.9. The number of H-pyrrole nitrogens is 1. The molecule has 0 spiro atoms. The first-order chi connectivity index (χ1) is 15.1. The molecule has 0 saturated carbocycles. The molecule has 3 N–H and O–H groups in total. The van der Waals surface area contributed by atoms with Crippen LogP contribution in [0.15, 0.2) is 54.2 Å².